The fourth-order valence-electron chi connectivity index (χ4n) is 2.92. The van der Waals surface area contributed by atoms with Crippen LogP contribution in [0, 0.1) is 5.92 Å². The molecule has 22 heavy (non-hydrogen) atoms. The molecule has 0 spiro atoms. The summed E-state index contributed by atoms with van der Waals surface area (Å²) in [6.45, 7) is 4.00. The number of carbonyl (C=O) groups excluding carboxylic acids is 1. The Bertz CT molecular complexity index is 611. The number of aromatic nitrogens is 1. The number of hydrogen-bond donors (Lipinski definition) is 2. The second-order valence-electron chi connectivity index (χ2n) is 5.76. The van der Waals surface area contributed by atoms with Gasteiger partial charge in [-0.3, -0.25) is 9.69 Å². The van der Waals surface area contributed by atoms with Gasteiger partial charge in [0.25, 0.3) is 5.91 Å². The van der Waals surface area contributed by atoms with E-state index in [0.717, 1.165) is 30.7 Å². The van der Waals surface area contributed by atoms with Crippen LogP contribution in [0.2, 0.25) is 0 Å². The predicted octanol–water partition coefficient (Wildman–Crippen LogP) is 3.48. The lowest BCUT2D eigenvalue weighted by Crippen LogP contribution is -2.40. The summed E-state index contributed by atoms with van der Waals surface area (Å²) in [7, 11) is 0. The number of thiophene rings is 1. The van der Waals surface area contributed by atoms with E-state index in [2.05, 4.69) is 48.6 Å². The van der Waals surface area contributed by atoms with Gasteiger partial charge in [-0.15, -0.1) is 11.3 Å². The third-order valence-electron chi connectivity index (χ3n) is 4.01. The lowest BCUT2D eigenvalue weighted by atomic mass is 9.98. The van der Waals surface area contributed by atoms with Gasteiger partial charge in [-0.05, 0) is 58.7 Å². The molecule has 0 radical (unpaired) electrons. The van der Waals surface area contributed by atoms with Crippen molar-refractivity contribution < 1.29 is 4.79 Å². The highest BCUT2D eigenvalue weighted by Gasteiger charge is 2.21. The van der Waals surface area contributed by atoms with Crippen molar-refractivity contribution in [3.05, 3.63) is 44.8 Å². The average Bonchev–Trinajstić information content (AvgIpc) is 3.17. The van der Waals surface area contributed by atoms with Crippen LogP contribution in [-0.4, -0.2) is 35.4 Å². The Morgan fingerprint density at radius 3 is 3.18 bits per heavy atom. The van der Waals surface area contributed by atoms with E-state index < -0.39 is 0 Å². The molecule has 3 rings (SSSR count). The van der Waals surface area contributed by atoms with Gasteiger partial charge in [0.15, 0.2) is 0 Å². The van der Waals surface area contributed by atoms with Crippen molar-refractivity contribution in [3.8, 4) is 0 Å². The smallest absolute Gasteiger partial charge is 0.267 e. The molecule has 1 atom stereocenters. The molecule has 4 nitrogen and oxygen atoms in total. The second kappa shape index (κ2) is 7.44. The maximum absolute atomic E-state index is 12.1. The first kappa shape index (κ1) is 15.8. The molecule has 6 heteroatoms. The molecule has 2 aromatic heterocycles. The largest absolute Gasteiger partial charge is 0.356 e. The quantitative estimate of drug-likeness (QED) is 0.832. The Balaban J connectivity index is 1.47. The maximum atomic E-state index is 12.1. The molecule has 0 bridgehead atoms. The highest BCUT2D eigenvalue weighted by Crippen LogP contribution is 2.20. The molecular weight excluding hydrogens is 362 g/mol. The van der Waals surface area contributed by atoms with E-state index in [9.17, 15) is 4.79 Å². The van der Waals surface area contributed by atoms with Crippen molar-refractivity contribution in [1.29, 1.82) is 0 Å². The first-order chi connectivity index (χ1) is 10.7. The third-order valence-corrected chi connectivity index (χ3v) is 5.33. The molecule has 2 aromatic rings. The van der Waals surface area contributed by atoms with Crippen LogP contribution < -0.4 is 5.32 Å². The van der Waals surface area contributed by atoms with Crippen molar-refractivity contribution in [1.82, 2.24) is 15.2 Å². The van der Waals surface area contributed by atoms with E-state index in [4.69, 9.17) is 0 Å². The maximum Gasteiger partial charge on any atom is 0.267 e. The number of amides is 1. The molecule has 1 unspecified atom stereocenters. The lowest BCUT2D eigenvalue weighted by molar-refractivity contribution is 0.0926. The summed E-state index contributed by atoms with van der Waals surface area (Å²) in [6.07, 6.45) is 4.17. The minimum Gasteiger partial charge on any atom is -0.356 e. The first-order valence-corrected chi connectivity index (χ1v) is 9.25. The number of rotatable bonds is 5. The van der Waals surface area contributed by atoms with Crippen LogP contribution in [0.5, 0.6) is 0 Å². The van der Waals surface area contributed by atoms with Gasteiger partial charge in [-0.2, -0.15) is 0 Å². The molecule has 0 aromatic carbocycles. The number of hydrogen-bond acceptors (Lipinski definition) is 3. The predicted molar refractivity (Wildman–Crippen MR) is 93.1 cm³/mol. The second-order valence-corrected chi connectivity index (χ2v) is 7.71. The molecule has 1 fully saturated rings. The van der Waals surface area contributed by atoms with Gasteiger partial charge in [0, 0.05) is 35.2 Å². The SMILES string of the molecule is O=C(NCC1CCCN(Cc2cccs2)C1)c1cc(Br)c[nH]1. The summed E-state index contributed by atoms with van der Waals surface area (Å²) < 4.78 is 0.900. The van der Waals surface area contributed by atoms with Crippen molar-refractivity contribution in [2.24, 2.45) is 5.92 Å². The van der Waals surface area contributed by atoms with E-state index in [1.54, 1.807) is 12.3 Å². The Labute approximate surface area is 143 Å². The third kappa shape index (κ3) is 4.21. The highest BCUT2D eigenvalue weighted by atomic mass is 79.9. The molecule has 2 N–H and O–H groups in total. The number of nitrogens with zero attached hydrogens (tertiary/aromatic N) is 1. The highest BCUT2D eigenvalue weighted by molar-refractivity contribution is 9.10. The molecule has 3 heterocycles. The van der Waals surface area contributed by atoms with E-state index in [-0.39, 0.29) is 5.91 Å². The standard InChI is InChI=1S/C16H20BrN3OS/c17-13-7-15(18-9-13)16(21)19-8-12-3-1-5-20(10-12)11-14-4-2-6-22-14/h2,4,6-7,9,12,18H,1,3,5,8,10-11H2,(H,19,21). The van der Waals surface area contributed by atoms with Crippen LogP contribution in [0.3, 0.4) is 0 Å². The Morgan fingerprint density at radius 2 is 2.45 bits per heavy atom. The zero-order valence-corrected chi connectivity index (χ0v) is 14.8. The topological polar surface area (TPSA) is 48.1 Å². The summed E-state index contributed by atoms with van der Waals surface area (Å²) in [5, 5.41) is 5.18. The number of likely N-dealkylation sites (tertiary alicyclic amines) is 1. The van der Waals surface area contributed by atoms with Gasteiger partial charge < -0.3 is 10.3 Å². The van der Waals surface area contributed by atoms with Crippen molar-refractivity contribution in [3.63, 3.8) is 0 Å². The number of halogens is 1. The Morgan fingerprint density at radius 1 is 1.55 bits per heavy atom. The molecule has 118 valence electrons. The number of carbonyl (C=O) groups is 1. The lowest BCUT2D eigenvalue weighted by Gasteiger charge is -2.32. The summed E-state index contributed by atoms with van der Waals surface area (Å²) in [5.41, 5.74) is 0.609. The van der Waals surface area contributed by atoms with Gasteiger partial charge >= 0.3 is 0 Å². The fourth-order valence-corrected chi connectivity index (χ4v) is 4.01. The molecule has 1 saturated heterocycles. The minimum atomic E-state index is -0.0268. The summed E-state index contributed by atoms with van der Waals surface area (Å²) in [6, 6.07) is 6.11. The fraction of sp³-hybridized carbons (Fsp3) is 0.438. The molecule has 1 aliphatic rings. The van der Waals surface area contributed by atoms with Gasteiger partial charge in [0.2, 0.25) is 0 Å². The van der Waals surface area contributed by atoms with Crippen LogP contribution in [0.4, 0.5) is 0 Å². The van der Waals surface area contributed by atoms with E-state index >= 15 is 0 Å². The molecule has 1 aliphatic heterocycles. The summed E-state index contributed by atoms with van der Waals surface area (Å²) in [4.78, 5) is 18.9. The van der Waals surface area contributed by atoms with Gasteiger partial charge in [-0.1, -0.05) is 6.07 Å². The van der Waals surface area contributed by atoms with E-state index in [1.807, 2.05) is 11.3 Å². The number of H-pyrrole nitrogens is 1. The van der Waals surface area contributed by atoms with Crippen molar-refractivity contribution in [2.45, 2.75) is 19.4 Å². The molecule has 1 amide bonds. The average molecular weight is 382 g/mol. The zero-order chi connectivity index (χ0) is 15.4. The van der Waals surface area contributed by atoms with Gasteiger partial charge in [-0.25, -0.2) is 0 Å². The van der Waals surface area contributed by atoms with Crippen LogP contribution in [-0.2, 0) is 6.54 Å². The van der Waals surface area contributed by atoms with Crippen LogP contribution in [0.25, 0.3) is 0 Å². The van der Waals surface area contributed by atoms with Gasteiger partial charge in [0.05, 0.1) is 0 Å². The molecule has 0 saturated carbocycles. The normalized spacial score (nSPS) is 19.2. The van der Waals surface area contributed by atoms with E-state index in [1.165, 1.54) is 17.7 Å². The number of nitrogens with one attached hydrogen (secondary N) is 2. The van der Waals surface area contributed by atoms with Gasteiger partial charge in [0.1, 0.15) is 5.69 Å². The number of aromatic amines is 1. The van der Waals surface area contributed by atoms with Crippen LogP contribution in [0.15, 0.2) is 34.2 Å². The minimum absolute atomic E-state index is 0.0268. The monoisotopic (exact) mass is 381 g/mol. The Hall–Kier alpha value is -1.11. The van der Waals surface area contributed by atoms with Crippen molar-refractivity contribution in [2.75, 3.05) is 19.6 Å². The Kier molecular flexibility index (Phi) is 5.33. The summed E-state index contributed by atoms with van der Waals surface area (Å²) in [5.74, 6) is 0.511. The molecule has 0 aliphatic carbocycles. The van der Waals surface area contributed by atoms with E-state index in [0.29, 0.717) is 11.6 Å². The van der Waals surface area contributed by atoms with Crippen LogP contribution in [0.1, 0.15) is 28.2 Å². The number of piperidine rings is 1. The van der Waals surface area contributed by atoms with Crippen molar-refractivity contribution >= 4 is 33.2 Å². The zero-order valence-electron chi connectivity index (χ0n) is 12.3. The molecular formula is C16H20BrN3OS. The van der Waals surface area contributed by atoms with Crippen LogP contribution >= 0.6 is 27.3 Å². The first-order valence-electron chi connectivity index (χ1n) is 7.57. The summed E-state index contributed by atoms with van der Waals surface area (Å²) >= 11 is 5.16.